The van der Waals surface area contributed by atoms with Crippen LogP contribution in [-0.2, 0) is 0 Å². The van der Waals surface area contributed by atoms with Gasteiger partial charge in [-0.1, -0.05) is 54.7 Å². The molecular weight excluding hydrogens is 285 g/mol. The van der Waals surface area contributed by atoms with Crippen LogP contribution in [0.2, 0.25) is 0 Å². The molecule has 0 aromatic heterocycles. The molecule has 104 valence electrons. The maximum absolute atomic E-state index is 13.9. The molecule has 0 aliphatic carbocycles. The third-order valence-corrected chi connectivity index (χ3v) is 3.40. The first kappa shape index (κ1) is 13.5. The lowest BCUT2D eigenvalue weighted by atomic mass is 10.1. The zero-order chi connectivity index (χ0) is 14.8. The fraction of sp³-hybridized carbons (Fsp3) is 0. The summed E-state index contributed by atoms with van der Waals surface area (Å²) in [7, 11) is 0. The van der Waals surface area contributed by atoms with Crippen LogP contribution in [0, 0.1) is 5.82 Å². The summed E-state index contributed by atoms with van der Waals surface area (Å²) >= 11 is 4.91. The van der Waals surface area contributed by atoms with Gasteiger partial charge in [-0.3, -0.25) is 0 Å². The molecule has 0 amide bonds. The van der Waals surface area contributed by atoms with Crippen molar-refractivity contribution in [3.05, 3.63) is 72.0 Å². The van der Waals surface area contributed by atoms with E-state index in [4.69, 9.17) is 22.7 Å². The maximum Gasteiger partial charge on any atom is 0.140 e. The van der Waals surface area contributed by atoms with Crippen molar-refractivity contribution >= 4 is 28.0 Å². The minimum atomic E-state index is -0.486. The highest BCUT2D eigenvalue weighted by atomic mass is 32.1. The molecule has 0 unspecified atom stereocenters. The van der Waals surface area contributed by atoms with Crippen molar-refractivity contribution in [1.29, 1.82) is 0 Å². The van der Waals surface area contributed by atoms with Crippen LogP contribution in [0.5, 0.6) is 11.5 Å². The topological polar surface area (TPSA) is 35.2 Å². The SMILES string of the molecule is NC(=S)c1c(F)cccc1Oc1cccc2ccccc12. The quantitative estimate of drug-likeness (QED) is 0.727. The van der Waals surface area contributed by atoms with E-state index < -0.39 is 5.82 Å². The normalized spacial score (nSPS) is 10.5. The van der Waals surface area contributed by atoms with Crippen molar-refractivity contribution in [2.75, 3.05) is 0 Å². The Labute approximate surface area is 127 Å². The second-order valence-corrected chi connectivity index (χ2v) is 5.00. The third-order valence-electron chi connectivity index (χ3n) is 3.19. The molecule has 3 aromatic carbocycles. The Morgan fingerprint density at radius 1 is 0.905 bits per heavy atom. The van der Waals surface area contributed by atoms with Crippen LogP contribution in [0.1, 0.15) is 5.56 Å². The molecule has 2 N–H and O–H groups in total. The molecule has 0 radical (unpaired) electrons. The van der Waals surface area contributed by atoms with Crippen molar-refractivity contribution in [1.82, 2.24) is 0 Å². The lowest BCUT2D eigenvalue weighted by molar-refractivity contribution is 0.480. The van der Waals surface area contributed by atoms with Crippen molar-refractivity contribution in [3.63, 3.8) is 0 Å². The van der Waals surface area contributed by atoms with Crippen LogP contribution in [0.25, 0.3) is 10.8 Å². The van der Waals surface area contributed by atoms with Gasteiger partial charge in [0.05, 0.1) is 5.56 Å². The predicted molar refractivity (Wildman–Crippen MR) is 86.3 cm³/mol. The number of benzene rings is 3. The van der Waals surface area contributed by atoms with E-state index in [1.165, 1.54) is 6.07 Å². The Hall–Kier alpha value is -2.46. The molecule has 0 saturated carbocycles. The van der Waals surface area contributed by atoms with E-state index in [9.17, 15) is 4.39 Å². The average molecular weight is 297 g/mol. The molecule has 2 nitrogen and oxygen atoms in total. The van der Waals surface area contributed by atoms with Gasteiger partial charge in [0.25, 0.3) is 0 Å². The summed E-state index contributed by atoms with van der Waals surface area (Å²) in [6, 6.07) is 18.0. The zero-order valence-corrected chi connectivity index (χ0v) is 11.9. The molecule has 0 fully saturated rings. The van der Waals surface area contributed by atoms with Crippen LogP contribution in [0.3, 0.4) is 0 Å². The van der Waals surface area contributed by atoms with Gasteiger partial charge in [0.15, 0.2) is 0 Å². The summed E-state index contributed by atoms with van der Waals surface area (Å²) in [4.78, 5) is -0.0247. The van der Waals surface area contributed by atoms with Gasteiger partial charge < -0.3 is 10.5 Å². The van der Waals surface area contributed by atoms with Gasteiger partial charge in [-0.2, -0.15) is 0 Å². The van der Waals surface area contributed by atoms with Gasteiger partial charge >= 0.3 is 0 Å². The van der Waals surface area contributed by atoms with Crippen LogP contribution in [0.4, 0.5) is 4.39 Å². The van der Waals surface area contributed by atoms with E-state index in [0.717, 1.165) is 10.8 Å². The van der Waals surface area contributed by atoms with Crippen molar-refractivity contribution in [2.45, 2.75) is 0 Å². The van der Waals surface area contributed by atoms with Gasteiger partial charge in [0, 0.05) is 5.39 Å². The fourth-order valence-corrected chi connectivity index (χ4v) is 2.43. The molecule has 0 aliphatic heterocycles. The van der Waals surface area contributed by atoms with Gasteiger partial charge in [0.1, 0.15) is 22.3 Å². The Morgan fingerprint density at radius 3 is 2.38 bits per heavy atom. The predicted octanol–water partition coefficient (Wildman–Crippen LogP) is 4.41. The van der Waals surface area contributed by atoms with Crippen LogP contribution < -0.4 is 10.5 Å². The fourth-order valence-electron chi connectivity index (χ4n) is 2.23. The van der Waals surface area contributed by atoms with Crippen molar-refractivity contribution < 1.29 is 9.13 Å². The number of nitrogens with two attached hydrogens (primary N) is 1. The summed E-state index contributed by atoms with van der Waals surface area (Å²) in [5.74, 6) is 0.468. The highest BCUT2D eigenvalue weighted by Crippen LogP contribution is 2.32. The number of thiocarbonyl (C=S) groups is 1. The average Bonchev–Trinajstić information content (AvgIpc) is 2.47. The Kier molecular flexibility index (Phi) is 3.54. The standard InChI is InChI=1S/C17H12FNOS/c18-13-8-4-10-15(16(13)17(19)21)20-14-9-3-6-11-5-1-2-7-12(11)14/h1-10H,(H2,19,21). The largest absolute Gasteiger partial charge is 0.456 e. The second-order valence-electron chi connectivity index (χ2n) is 4.56. The Bertz CT molecular complexity index is 827. The Morgan fingerprint density at radius 2 is 1.57 bits per heavy atom. The lowest BCUT2D eigenvalue weighted by Gasteiger charge is -2.12. The molecule has 21 heavy (non-hydrogen) atoms. The van der Waals surface area contributed by atoms with Gasteiger partial charge in [-0.15, -0.1) is 0 Å². The van der Waals surface area contributed by atoms with E-state index in [1.54, 1.807) is 12.1 Å². The monoisotopic (exact) mass is 297 g/mol. The summed E-state index contributed by atoms with van der Waals surface area (Å²) in [6.07, 6.45) is 0. The Balaban J connectivity index is 2.12. The molecule has 3 rings (SSSR count). The second kappa shape index (κ2) is 5.50. The summed E-state index contributed by atoms with van der Waals surface area (Å²) in [6.45, 7) is 0. The molecule has 0 spiro atoms. The molecule has 4 heteroatoms. The maximum atomic E-state index is 13.9. The summed E-state index contributed by atoms with van der Waals surface area (Å²) in [5, 5.41) is 1.99. The number of rotatable bonds is 3. The first-order valence-electron chi connectivity index (χ1n) is 6.41. The number of ether oxygens (including phenoxy) is 1. The van der Waals surface area contributed by atoms with E-state index >= 15 is 0 Å². The lowest BCUT2D eigenvalue weighted by Crippen LogP contribution is -2.13. The summed E-state index contributed by atoms with van der Waals surface area (Å²) in [5.41, 5.74) is 5.72. The molecule has 0 heterocycles. The molecule has 0 saturated heterocycles. The van der Waals surface area contributed by atoms with Crippen LogP contribution in [-0.4, -0.2) is 4.99 Å². The minimum absolute atomic E-state index is 0.0247. The highest BCUT2D eigenvalue weighted by molar-refractivity contribution is 7.80. The number of hydrogen-bond acceptors (Lipinski definition) is 2. The van der Waals surface area contributed by atoms with E-state index in [2.05, 4.69) is 0 Å². The highest BCUT2D eigenvalue weighted by Gasteiger charge is 2.13. The van der Waals surface area contributed by atoms with Gasteiger partial charge in [-0.25, -0.2) is 4.39 Å². The van der Waals surface area contributed by atoms with Crippen LogP contribution >= 0.6 is 12.2 Å². The number of fused-ring (bicyclic) bond motifs is 1. The summed E-state index contributed by atoms with van der Waals surface area (Å²) < 4.78 is 19.7. The molecule has 0 bridgehead atoms. The van der Waals surface area contributed by atoms with E-state index in [1.807, 2.05) is 42.5 Å². The molecule has 0 aliphatic rings. The number of halogens is 1. The third kappa shape index (κ3) is 2.58. The smallest absolute Gasteiger partial charge is 0.140 e. The number of hydrogen-bond donors (Lipinski definition) is 1. The zero-order valence-electron chi connectivity index (χ0n) is 11.0. The molecular formula is C17H12FNOS. The van der Waals surface area contributed by atoms with Gasteiger partial charge in [0.2, 0.25) is 0 Å². The molecule has 0 atom stereocenters. The first-order valence-corrected chi connectivity index (χ1v) is 6.81. The first-order chi connectivity index (χ1) is 10.2. The van der Waals surface area contributed by atoms with E-state index in [0.29, 0.717) is 11.5 Å². The van der Waals surface area contributed by atoms with Crippen LogP contribution in [0.15, 0.2) is 60.7 Å². The van der Waals surface area contributed by atoms with Crippen molar-refractivity contribution in [3.8, 4) is 11.5 Å². The van der Waals surface area contributed by atoms with Crippen molar-refractivity contribution in [2.24, 2.45) is 5.73 Å². The molecule has 3 aromatic rings. The van der Waals surface area contributed by atoms with Gasteiger partial charge in [-0.05, 0) is 23.6 Å². The minimum Gasteiger partial charge on any atom is -0.456 e. The van der Waals surface area contributed by atoms with E-state index in [-0.39, 0.29) is 10.6 Å².